The molecule has 0 aliphatic carbocycles. The Labute approximate surface area is 140 Å². The summed E-state index contributed by atoms with van der Waals surface area (Å²) in [7, 11) is 0. The van der Waals surface area contributed by atoms with Crippen LogP contribution in [-0.2, 0) is 0 Å². The van der Waals surface area contributed by atoms with E-state index >= 15 is 0 Å². The number of hydrogen-bond acceptors (Lipinski definition) is 3. The number of halogens is 1. The van der Waals surface area contributed by atoms with Gasteiger partial charge in [0, 0.05) is 18.3 Å². The van der Waals surface area contributed by atoms with Crippen molar-refractivity contribution in [2.75, 3.05) is 13.2 Å². The fourth-order valence-corrected chi connectivity index (χ4v) is 3.19. The molecule has 0 spiro atoms. The zero-order valence-electron chi connectivity index (χ0n) is 12.8. The molecule has 4 nitrogen and oxygen atoms in total. The molecular weight excluding hydrogens is 312 g/mol. The summed E-state index contributed by atoms with van der Waals surface area (Å²) in [5, 5.41) is 9.95. The van der Waals surface area contributed by atoms with Crippen LogP contribution in [0.5, 0.6) is 0 Å². The molecule has 3 rings (SSSR count). The van der Waals surface area contributed by atoms with Gasteiger partial charge in [-0.05, 0) is 43.5 Å². The Kier molecular flexibility index (Phi) is 4.94. The highest BCUT2D eigenvalue weighted by Gasteiger charge is 2.28. The predicted molar refractivity (Wildman–Crippen MR) is 90.4 cm³/mol. The molecule has 0 bridgehead atoms. The molecule has 1 aromatic heterocycles. The van der Waals surface area contributed by atoms with Crippen molar-refractivity contribution >= 4 is 17.5 Å². The smallest absolute Gasteiger partial charge is 0.255 e. The third kappa shape index (κ3) is 3.38. The van der Waals surface area contributed by atoms with E-state index in [-0.39, 0.29) is 18.6 Å². The number of likely N-dealkylation sites (tertiary alicyclic amines) is 1. The molecule has 0 radical (unpaired) electrons. The summed E-state index contributed by atoms with van der Waals surface area (Å²) in [4.78, 5) is 18.9. The number of aliphatic hydroxyl groups is 1. The molecule has 1 atom stereocenters. The molecule has 1 aliphatic heterocycles. The van der Waals surface area contributed by atoms with Gasteiger partial charge in [0.2, 0.25) is 0 Å². The number of amides is 1. The SMILES string of the molecule is O=C(c1cc(-c2ccccn2)ccc1Cl)N1CCCC[C@@H]1CO. The van der Waals surface area contributed by atoms with Crippen molar-refractivity contribution in [2.24, 2.45) is 0 Å². The first-order chi connectivity index (χ1) is 11.2. The van der Waals surface area contributed by atoms with Crippen LogP contribution in [0.3, 0.4) is 0 Å². The van der Waals surface area contributed by atoms with Gasteiger partial charge in [0.05, 0.1) is 28.9 Å². The van der Waals surface area contributed by atoms with Crippen molar-refractivity contribution in [2.45, 2.75) is 25.3 Å². The Morgan fingerprint density at radius 3 is 2.91 bits per heavy atom. The summed E-state index contributed by atoms with van der Waals surface area (Å²) < 4.78 is 0. The summed E-state index contributed by atoms with van der Waals surface area (Å²) >= 11 is 6.26. The Morgan fingerprint density at radius 1 is 1.30 bits per heavy atom. The molecule has 1 amide bonds. The predicted octanol–water partition coefficient (Wildman–Crippen LogP) is 3.39. The highest BCUT2D eigenvalue weighted by Crippen LogP contribution is 2.27. The van der Waals surface area contributed by atoms with E-state index in [1.54, 1.807) is 23.2 Å². The van der Waals surface area contributed by atoms with Gasteiger partial charge in [0.1, 0.15) is 0 Å². The van der Waals surface area contributed by atoms with E-state index < -0.39 is 0 Å². The zero-order chi connectivity index (χ0) is 16.2. The minimum absolute atomic E-state index is 0.0106. The number of aliphatic hydroxyl groups excluding tert-OH is 1. The second-order valence-corrected chi connectivity index (χ2v) is 6.15. The van der Waals surface area contributed by atoms with Gasteiger partial charge in [-0.1, -0.05) is 23.7 Å². The third-order valence-corrected chi connectivity index (χ3v) is 4.59. The molecule has 1 fully saturated rings. The van der Waals surface area contributed by atoms with Crippen LogP contribution in [0.2, 0.25) is 5.02 Å². The van der Waals surface area contributed by atoms with E-state index in [2.05, 4.69) is 4.98 Å². The topological polar surface area (TPSA) is 53.4 Å². The summed E-state index contributed by atoms with van der Waals surface area (Å²) in [6, 6.07) is 10.9. The lowest BCUT2D eigenvalue weighted by atomic mass is 10.0. The molecule has 0 saturated carbocycles. The number of rotatable bonds is 3. The number of hydrogen-bond donors (Lipinski definition) is 1. The van der Waals surface area contributed by atoms with Gasteiger partial charge >= 0.3 is 0 Å². The number of nitrogens with zero attached hydrogens (tertiary/aromatic N) is 2. The van der Waals surface area contributed by atoms with Crippen LogP contribution in [0.1, 0.15) is 29.6 Å². The maximum atomic E-state index is 12.9. The molecule has 1 saturated heterocycles. The fourth-order valence-electron chi connectivity index (χ4n) is 2.99. The van der Waals surface area contributed by atoms with Crippen molar-refractivity contribution in [1.82, 2.24) is 9.88 Å². The van der Waals surface area contributed by atoms with Crippen LogP contribution < -0.4 is 0 Å². The number of benzene rings is 1. The molecule has 1 aromatic carbocycles. The maximum Gasteiger partial charge on any atom is 0.255 e. The quantitative estimate of drug-likeness (QED) is 0.938. The fraction of sp³-hybridized carbons (Fsp3) is 0.333. The first-order valence-corrected chi connectivity index (χ1v) is 8.21. The van der Waals surface area contributed by atoms with Crippen molar-refractivity contribution in [3.8, 4) is 11.3 Å². The minimum Gasteiger partial charge on any atom is -0.394 e. The van der Waals surface area contributed by atoms with Gasteiger partial charge in [0.15, 0.2) is 0 Å². The largest absolute Gasteiger partial charge is 0.394 e. The molecule has 120 valence electrons. The second kappa shape index (κ2) is 7.11. The monoisotopic (exact) mass is 330 g/mol. The van der Waals surface area contributed by atoms with E-state index in [1.165, 1.54) is 0 Å². The molecule has 1 aliphatic rings. The van der Waals surface area contributed by atoms with Gasteiger partial charge in [0.25, 0.3) is 5.91 Å². The second-order valence-electron chi connectivity index (χ2n) is 5.74. The van der Waals surface area contributed by atoms with Crippen LogP contribution >= 0.6 is 11.6 Å². The van der Waals surface area contributed by atoms with E-state index in [1.807, 2.05) is 24.3 Å². The maximum absolute atomic E-state index is 12.9. The van der Waals surface area contributed by atoms with E-state index in [0.29, 0.717) is 17.1 Å². The average molecular weight is 331 g/mol. The third-order valence-electron chi connectivity index (χ3n) is 4.26. The van der Waals surface area contributed by atoms with E-state index in [9.17, 15) is 9.90 Å². The molecule has 2 aromatic rings. The highest BCUT2D eigenvalue weighted by molar-refractivity contribution is 6.34. The number of aromatic nitrogens is 1. The normalized spacial score (nSPS) is 18.0. The number of piperidine rings is 1. The molecular formula is C18H19ClN2O2. The Morgan fingerprint density at radius 2 is 2.17 bits per heavy atom. The van der Waals surface area contributed by atoms with Gasteiger partial charge in [-0.25, -0.2) is 0 Å². The number of carbonyl (C=O) groups excluding carboxylic acids is 1. The lowest BCUT2D eigenvalue weighted by Crippen LogP contribution is -2.45. The Balaban J connectivity index is 1.94. The average Bonchev–Trinajstić information content (AvgIpc) is 2.62. The summed E-state index contributed by atoms with van der Waals surface area (Å²) in [6.07, 6.45) is 4.55. The summed E-state index contributed by atoms with van der Waals surface area (Å²) in [5.41, 5.74) is 2.13. The molecule has 0 unspecified atom stereocenters. The lowest BCUT2D eigenvalue weighted by Gasteiger charge is -2.34. The summed E-state index contributed by atoms with van der Waals surface area (Å²) in [5.74, 6) is -0.119. The van der Waals surface area contributed by atoms with Crippen LogP contribution in [0.15, 0.2) is 42.6 Å². The summed E-state index contributed by atoms with van der Waals surface area (Å²) in [6.45, 7) is 0.650. The molecule has 5 heteroatoms. The van der Waals surface area contributed by atoms with Crippen molar-refractivity contribution in [3.05, 3.63) is 53.2 Å². The van der Waals surface area contributed by atoms with Crippen LogP contribution in [0.4, 0.5) is 0 Å². The van der Waals surface area contributed by atoms with E-state index in [0.717, 1.165) is 30.5 Å². The standard InChI is InChI=1S/C18H19ClN2O2/c19-16-8-7-13(17-6-1-3-9-20-17)11-15(16)18(23)21-10-4-2-5-14(21)12-22/h1,3,6-9,11,14,22H,2,4-5,10,12H2/t14-/m1/s1. The number of pyridine rings is 1. The van der Waals surface area contributed by atoms with Crippen molar-refractivity contribution in [1.29, 1.82) is 0 Å². The van der Waals surface area contributed by atoms with Crippen LogP contribution in [0, 0.1) is 0 Å². The number of carbonyl (C=O) groups is 1. The van der Waals surface area contributed by atoms with Gasteiger partial charge in [-0.3, -0.25) is 9.78 Å². The Bertz CT molecular complexity index is 691. The van der Waals surface area contributed by atoms with Gasteiger partial charge < -0.3 is 10.0 Å². The van der Waals surface area contributed by atoms with Crippen molar-refractivity contribution in [3.63, 3.8) is 0 Å². The van der Waals surface area contributed by atoms with E-state index in [4.69, 9.17) is 11.6 Å². The van der Waals surface area contributed by atoms with Gasteiger partial charge in [-0.2, -0.15) is 0 Å². The first kappa shape index (κ1) is 16.0. The molecule has 2 heterocycles. The first-order valence-electron chi connectivity index (χ1n) is 7.83. The van der Waals surface area contributed by atoms with Crippen molar-refractivity contribution < 1.29 is 9.90 Å². The Hall–Kier alpha value is -1.91. The minimum atomic E-state index is -0.120. The zero-order valence-corrected chi connectivity index (χ0v) is 13.5. The van der Waals surface area contributed by atoms with Crippen LogP contribution in [-0.4, -0.2) is 40.1 Å². The molecule has 1 N–H and O–H groups in total. The van der Waals surface area contributed by atoms with Gasteiger partial charge in [-0.15, -0.1) is 0 Å². The lowest BCUT2D eigenvalue weighted by molar-refractivity contribution is 0.0503. The molecule has 23 heavy (non-hydrogen) atoms. The highest BCUT2D eigenvalue weighted by atomic mass is 35.5. The van der Waals surface area contributed by atoms with Crippen LogP contribution in [0.25, 0.3) is 11.3 Å².